The fraction of sp³-hybridized carbons (Fsp3) is 0.400. The molecule has 0 amide bonds. The zero-order chi connectivity index (χ0) is 13.8. The molecule has 0 radical (unpaired) electrons. The molecule has 0 atom stereocenters. The van der Waals surface area contributed by atoms with Gasteiger partial charge in [0, 0.05) is 6.54 Å². The molecule has 1 rings (SSSR count). The van der Waals surface area contributed by atoms with E-state index in [4.69, 9.17) is 0 Å². The number of nitrogens with zero attached hydrogens (tertiary/aromatic N) is 1. The van der Waals surface area contributed by atoms with Crippen LogP contribution in [0, 0.1) is 10.1 Å². The van der Waals surface area contributed by atoms with E-state index >= 15 is 0 Å². The van der Waals surface area contributed by atoms with E-state index in [2.05, 4.69) is 10.0 Å². The summed E-state index contributed by atoms with van der Waals surface area (Å²) in [5.41, 5.74) is -0.224. The predicted molar refractivity (Wildman–Crippen MR) is 68.1 cm³/mol. The van der Waals surface area contributed by atoms with Gasteiger partial charge in [0.15, 0.2) is 4.90 Å². The van der Waals surface area contributed by atoms with Crippen LogP contribution in [0.1, 0.15) is 13.3 Å². The van der Waals surface area contributed by atoms with Crippen molar-refractivity contribution in [1.29, 1.82) is 0 Å². The fourth-order valence-corrected chi connectivity index (χ4v) is 2.36. The number of rotatable bonds is 6. The summed E-state index contributed by atoms with van der Waals surface area (Å²) in [7, 11) is -2.64. The summed E-state index contributed by atoms with van der Waals surface area (Å²) in [6, 6.07) is 4.17. The summed E-state index contributed by atoms with van der Waals surface area (Å²) < 4.78 is 25.5. The Morgan fingerprint density at radius 2 is 2.06 bits per heavy atom. The van der Waals surface area contributed by atoms with Crippen LogP contribution >= 0.6 is 0 Å². The lowest BCUT2D eigenvalue weighted by atomic mass is 10.2. The van der Waals surface area contributed by atoms with Crippen LogP contribution in [0.25, 0.3) is 0 Å². The van der Waals surface area contributed by atoms with Gasteiger partial charge in [-0.15, -0.1) is 0 Å². The second-order valence-corrected chi connectivity index (χ2v) is 5.40. The van der Waals surface area contributed by atoms with Crippen LogP contribution in [0.15, 0.2) is 23.1 Å². The smallest absolute Gasteiger partial charge is 0.312 e. The second-order valence-electron chi connectivity index (χ2n) is 3.54. The first-order valence-electron chi connectivity index (χ1n) is 5.39. The molecule has 8 heteroatoms. The number of nitro benzene ring substituents is 1. The van der Waals surface area contributed by atoms with Crippen molar-refractivity contribution in [2.75, 3.05) is 18.9 Å². The van der Waals surface area contributed by atoms with E-state index in [-0.39, 0.29) is 10.6 Å². The molecule has 1 aromatic rings. The molecule has 1 aromatic carbocycles. The first-order valence-corrected chi connectivity index (χ1v) is 6.87. The van der Waals surface area contributed by atoms with E-state index in [9.17, 15) is 18.5 Å². The first kappa shape index (κ1) is 14.4. The van der Waals surface area contributed by atoms with E-state index in [1.54, 1.807) is 0 Å². The molecular formula is C10H15N3O4S. The molecule has 0 heterocycles. The van der Waals surface area contributed by atoms with Gasteiger partial charge in [-0.05, 0) is 25.6 Å². The van der Waals surface area contributed by atoms with Crippen LogP contribution in [0.3, 0.4) is 0 Å². The summed E-state index contributed by atoms with van der Waals surface area (Å²) >= 11 is 0. The minimum atomic E-state index is -3.85. The van der Waals surface area contributed by atoms with Crippen LogP contribution in [0.5, 0.6) is 0 Å². The predicted octanol–water partition coefficient (Wildman–Crippen LogP) is 1.32. The van der Waals surface area contributed by atoms with E-state index in [1.807, 2.05) is 6.92 Å². The van der Waals surface area contributed by atoms with Gasteiger partial charge in [-0.2, -0.15) is 0 Å². The van der Waals surface area contributed by atoms with Crippen molar-refractivity contribution in [3.05, 3.63) is 28.3 Å². The molecule has 0 bridgehead atoms. The molecule has 0 aliphatic rings. The van der Waals surface area contributed by atoms with Crippen molar-refractivity contribution in [3.63, 3.8) is 0 Å². The SMILES string of the molecule is CCCNc1cccc(S(=O)(=O)NC)c1[N+](=O)[O-]. The molecule has 7 nitrogen and oxygen atoms in total. The molecule has 0 unspecified atom stereocenters. The first-order chi connectivity index (χ1) is 8.44. The molecular weight excluding hydrogens is 258 g/mol. The molecule has 0 aliphatic carbocycles. The maximum atomic E-state index is 11.7. The number of hydrogen-bond acceptors (Lipinski definition) is 5. The Morgan fingerprint density at radius 3 is 2.56 bits per heavy atom. The van der Waals surface area contributed by atoms with Gasteiger partial charge in [-0.3, -0.25) is 10.1 Å². The van der Waals surface area contributed by atoms with Crippen molar-refractivity contribution in [2.45, 2.75) is 18.2 Å². The molecule has 0 saturated heterocycles. The number of nitro groups is 1. The van der Waals surface area contributed by atoms with Crippen LogP contribution < -0.4 is 10.0 Å². The highest BCUT2D eigenvalue weighted by Gasteiger charge is 2.27. The van der Waals surface area contributed by atoms with E-state index in [0.29, 0.717) is 6.54 Å². The third kappa shape index (κ3) is 2.96. The number of benzene rings is 1. The fourth-order valence-electron chi connectivity index (χ4n) is 1.44. The van der Waals surface area contributed by atoms with Crippen LogP contribution in [0.2, 0.25) is 0 Å². The average molecular weight is 273 g/mol. The normalized spacial score (nSPS) is 11.2. The van der Waals surface area contributed by atoms with Gasteiger partial charge in [-0.1, -0.05) is 13.0 Å². The molecule has 0 aliphatic heterocycles. The molecule has 2 N–H and O–H groups in total. The minimum absolute atomic E-state index is 0.207. The van der Waals surface area contributed by atoms with Crippen molar-refractivity contribution in [3.8, 4) is 0 Å². The number of anilines is 1. The molecule has 100 valence electrons. The Bertz CT molecular complexity index is 542. The van der Waals surface area contributed by atoms with Crippen molar-refractivity contribution >= 4 is 21.4 Å². The third-order valence-corrected chi connectivity index (χ3v) is 3.75. The van der Waals surface area contributed by atoms with Gasteiger partial charge in [0.2, 0.25) is 10.0 Å². The zero-order valence-corrected chi connectivity index (χ0v) is 11.0. The molecule has 0 spiro atoms. The summed E-state index contributed by atoms with van der Waals surface area (Å²) in [5, 5.41) is 13.9. The Hall–Kier alpha value is -1.67. The highest BCUT2D eigenvalue weighted by Crippen LogP contribution is 2.31. The highest BCUT2D eigenvalue weighted by atomic mass is 32.2. The maximum Gasteiger partial charge on any atom is 0.312 e. The molecule has 0 fully saturated rings. The van der Waals surface area contributed by atoms with E-state index in [0.717, 1.165) is 6.42 Å². The Labute approximate surface area is 105 Å². The Kier molecular flexibility index (Phi) is 4.62. The van der Waals surface area contributed by atoms with E-state index in [1.165, 1.54) is 25.2 Å². The average Bonchev–Trinajstić information content (AvgIpc) is 2.35. The monoisotopic (exact) mass is 273 g/mol. The Morgan fingerprint density at radius 1 is 1.39 bits per heavy atom. The minimum Gasteiger partial charge on any atom is -0.379 e. The lowest BCUT2D eigenvalue weighted by molar-refractivity contribution is -0.386. The lowest BCUT2D eigenvalue weighted by Crippen LogP contribution is -2.20. The second kappa shape index (κ2) is 5.78. The van der Waals surface area contributed by atoms with E-state index < -0.39 is 20.6 Å². The zero-order valence-electron chi connectivity index (χ0n) is 10.1. The number of sulfonamides is 1. The number of hydrogen-bond donors (Lipinski definition) is 2. The molecule has 18 heavy (non-hydrogen) atoms. The van der Waals surface area contributed by atoms with Crippen LogP contribution in [-0.4, -0.2) is 26.9 Å². The van der Waals surface area contributed by atoms with Gasteiger partial charge >= 0.3 is 5.69 Å². The molecule has 0 saturated carbocycles. The number of para-hydroxylation sites is 1. The Balaban J connectivity index is 3.40. The van der Waals surface area contributed by atoms with Crippen molar-refractivity contribution in [2.24, 2.45) is 0 Å². The molecule has 0 aromatic heterocycles. The summed E-state index contributed by atoms with van der Waals surface area (Å²) in [6.07, 6.45) is 0.778. The highest BCUT2D eigenvalue weighted by molar-refractivity contribution is 7.89. The van der Waals surface area contributed by atoms with Crippen molar-refractivity contribution < 1.29 is 13.3 Å². The van der Waals surface area contributed by atoms with Crippen LogP contribution in [0.4, 0.5) is 11.4 Å². The van der Waals surface area contributed by atoms with Crippen LogP contribution in [-0.2, 0) is 10.0 Å². The van der Waals surface area contributed by atoms with Crippen molar-refractivity contribution in [1.82, 2.24) is 4.72 Å². The van der Waals surface area contributed by atoms with Gasteiger partial charge in [0.25, 0.3) is 0 Å². The quantitative estimate of drug-likeness (QED) is 0.601. The largest absolute Gasteiger partial charge is 0.379 e. The van der Waals surface area contributed by atoms with Gasteiger partial charge in [-0.25, -0.2) is 13.1 Å². The summed E-state index contributed by atoms with van der Waals surface area (Å²) in [5.74, 6) is 0. The topological polar surface area (TPSA) is 101 Å². The van der Waals surface area contributed by atoms with Gasteiger partial charge in [0.1, 0.15) is 5.69 Å². The summed E-state index contributed by atoms with van der Waals surface area (Å²) in [6.45, 7) is 2.44. The maximum absolute atomic E-state index is 11.7. The third-order valence-electron chi connectivity index (χ3n) is 2.31. The standard InChI is InChI=1S/C10H15N3O4S/c1-3-7-12-8-5-4-6-9(10(8)13(14)15)18(16,17)11-2/h4-6,11-12H,3,7H2,1-2H3. The van der Waals surface area contributed by atoms with Gasteiger partial charge < -0.3 is 5.32 Å². The number of nitrogens with one attached hydrogen (secondary N) is 2. The van der Waals surface area contributed by atoms with Gasteiger partial charge in [0.05, 0.1) is 4.92 Å². The lowest BCUT2D eigenvalue weighted by Gasteiger charge is -2.09. The summed E-state index contributed by atoms with van der Waals surface area (Å²) in [4.78, 5) is 10.0.